The number of hydrazone groups is 1. The average Bonchev–Trinajstić information content (AvgIpc) is 3.11. The Morgan fingerprint density at radius 3 is 2.71 bits per heavy atom. The Morgan fingerprint density at radius 2 is 2.00 bits per heavy atom. The molecule has 0 unspecified atom stereocenters. The van der Waals surface area contributed by atoms with E-state index in [0.717, 1.165) is 49.7 Å². The lowest BCUT2D eigenvalue weighted by atomic mass is 10.1. The molecule has 28 heavy (non-hydrogen) atoms. The van der Waals surface area contributed by atoms with Crippen LogP contribution in [0.15, 0.2) is 58.9 Å². The summed E-state index contributed by atoms with van der Waals surface area (Å²) in [5.74, 6) is 0. The van der Waals surface area contributed by atoms with Crippen LogP contribution in [-0.4, -0.2) is 49.1 Å². The molecule has 1 fully saturated rings. The Kier molecular flexibility index (Phi) is 7.65. The normalized spacial score (nSPS) is 18.8. The van der Waals surface area contributed by atoms with Gasteiger partial charge in [-0.15, -0.1) is 6.58 Å². The van der Waals surface area contributed by atoms with E-state index in [-0.39, 0.29) is 0 Å². The topological polar surface area (TPSA) is 48.9 Å². The highest BCUT2D eigenvalue weighted by Crippen LogP contribution is 2.35. The first-order valence-electron chi connectivity index (χ1n) is 9.37. The van der Waals surface area contributed by atoms with Gasteiger partial charge in [0.1, 0.15) is 0 Å². The van der Waals surface area contributed by atoms with Crippen molar-refractivity contribution in [2.45, 2.75) is 12.8 Å². The molecule has 1 heterocycles. The number of nitrogens with one attached hydrogen (secondary N) is 2. The van der Waals surface area contributed by atoms with Crippen LogP contribution in [0.4, 0.5) is 0 Å². The van der Waals surface area contributed by atoms with Gasteiger partial charge in [-0.1, -0.05) is 29.8 Å². The van der Waals surface area contributed by atoms with E-state index in [1.54, 1.807) is 6.08 Å². The van der Waals surface area contributed by atoms with Gasteiger partial charge in [-0.3, -0.25) is 5.43 Å². The predicted octanol–water partition coefficient (Wildman–Crippen LogP) is 3.74. The zero-order valence-corrected chi connectivity index (χ0v) is 17.4. The molecule has 0 bridgehead atoms. The van der Waals surface area contributed by atoms with Crippen molar-refractivity contribution in [1.29, 1.82) is 0 Å². The molecule has 0 atom stereocenters. The van der Waals surface area contributed by atoms with Gasteiger partial charge >= 0.3 is 0 Å². The second-order valence-corrected chi connectivity index (χ2v) is 7.41. The second kappa shape index (κ2) is 10.4. The van der Waals surface area contributed by atoms with Crippen molar-refractivity contribution in [3.05, 3.63) is 64.3 Å². The number of halogens is 1. The Labute approximate surface area is 176 Å². The van der Waals surface area contributed by atoms with E-state index >= 15 is 0 Å². The van der Waals surface area contributed by atoms with E-state index in [0.29, 0.717) is 11.7 Å². The minimum absolute atomic E-state index is 0.486. The Bertz CT molecular complexity index is 795. The van der Waals surface area contributed by atoms with Crippen molar-refractivity contribution in [2.75, 3.05) is 32.8 Å². The molecule has 1 saturated heterocycles. The highest BCUT2D eigenvalue weighted by atomic mass is 35.5. The third kappa shape index (κ3) is 5.67. The van der Waals surface area contributed by atoms with Crippen molar-refractivity contribution in [2.24, 2.45) is 5.10 Å². The molecule has 3 rings (SSSR count). The molecule has 2 N–H and O–H groups in total. The average molecular weight is 417 g/mol. The molecule has 0 aromatic heterocycles. The van der Waals surface area contributed by atoms with Crippen LogP contribution in [0.2, 0.25) is 5.02 Å². The minimum Gasteiger partial charge on any atom is -0.378 e. The maximum atomic E-state index is 6.02. The van der Waals surface area contributed by atoms with Gasteiger partial charge in [0, 0.05) is 30.4 Å². The van der Waals surface area contributed by atoms with Crippen LogP contribution in [0.25, 0.3) is 6.08 Å². The summed E-state index contributed by atoms with van der Waals surface area (Å²) in [7, 11) is 0. The molecular formula is C21H25ClN4OS. The maximum absolute atomic E-state index is 6.02. The van der Waals surface area contributed by atoms with E-state index in [4.69, 9.17) is 28.6 Å². The van der Waals surface area contributed by atoms with E-state index in [9.17, 15) is 0 Å². The molecule has 1 aromatic rings. The Morgan fingerprint density at radius 1 is 1.25 bits per heavy atom. The molecule has 0 spiro atoms. The molecule has 1 aromatic carbocycles. The fourth-order valence-corrected chi connectivity index (χ4v) is 3.57. The molecule has 0 saturated carbocycles. The Hall–Kier alpha value is -2.15. The molecule has 5 nitrogen and oxygen atoms in total. The van der Waals surface area contributed by atoms with Gasteiger partial charge in [0.25, 0.3) is 0 Å². The summed E-state index contributed by atoms with van der Waals surface area (Å²) >= 11 is 11.2. The highest BCUT2D eigenvalue weighted by molar-refractivity contribution is 7.80. The summed E-state index contributed by atoms with van der Waals surface area (Å²) in [5.41, 5.74) is 7.80. The smallest absolute Gasteiger partial charge is 0.187 e. The number of thiocarbonyl (C=S) groups is 1. The summed E-state index contributed by atoms with van der Waals surface area (Å²) < 4.78 is 5.53. The van der Waals surface area contributed by atoms with Gasteiger partial charge in [-0.2, -0.15) is 5.10 Å². The van der Waals surface area contributed by atoms with Crippen LogP contribution in [0.1, 0.15) is 18.4 Å². The lowest BCUT2D eigenvalue weighted by Gasteiger charge is -2.31. The van der Waals surface area contributed by atoms with Crippen molar-refractivity contribution in [3.63, 3.8) is 0 Å². The van der Waals surface area contributed by atoms with Gasteiger partial charge in [0.15, 0.2) is 5.11 Å². The van der Waals surface area contributed by atoms with Gasteiger partial charge in [0.05, 0.1) is 19.4 Å². The van der Waals surface area contributed by atoms with Crippen molar-refractivity contribution < 1.29 is 4.74 Å². The number of hydrogen-bond acceptors (Lipinski definition) is 4. The molecule has 1 aliphatic carbocycles. The molecular weight excluding hydrogens is 392 g/mol. The van der Waals surface area contributed by atoms with Crippen LogP contribution in [0, 0.1) is 0 Å². The summed E-state index contributed by atoms with van der Waals surface area (Å²) in [4.78, 5) is 2.40. The van der Waals surface area contributed by atoms with Gasteiger partial charge < -0.3 is 15.0 Å². The lowest BCUT2D eigenvalue weighted by Crippen LogP contribution is -2.36. The number of benzene rings is 1. The number of hydrogen-bond donors (Lipinski definition) is 2. The maximum Gasteiger partial charge on any atom is 0.187 e. The van der Waals surface area contributed by atoms with E-state index in [1.807, 2.05) is 30.5 Å². The largest absolute Gasteiger partial charge is 0.378 e. The zero-order chi connectivity index (χ0) is 19.8. The second-order valence-electron chi connectivity index (χ2n) is 6.56. The van der Waals surface area contributed by atoms with Crippen LogP contribution >= 0.6 is 23.8 Å². The number of nitrogens with zero attached hydrogens (tertiary/aromatic N) is 2. The number of allylic oxidation sites excluding steroid dienone is 2. The standard InChI is InChI=1S/C21H25ClN4OS/c1-2-9-23-21(28)25-24-15-18-6-5-17(14-16-3-7-19(22)8-4-16)20(18)26-10-12-27-13-11-26/h2-4,7-8,14-15H,1,5-6,9-13H2,(H2,23,25,28)/b17-14-,24-15?. The van der Waals surface area contributed by atoms with Gasteiger partial charge in [0.2, 0.25) is 0 Å². The van der Waals surface area contributed by atoms with E-state index in [2.05, 4.69) is 33.4 Å². The van der Waals surface area contributed by atoms with Crippen LogP contribution in [-0.2, 0) is 4.74 Å². The first-order valence-corrected chi connectivity index (χ1v) is 10.2. The third-order valence-electron chi connectivity index (χ3n) is 4.60. The predicted molar refractivity (Wildman–Crippen MR) is 121 cm³/mol. The first-order chi connectivity index (χ1) is 13.7. The molecule has 0 amide bonds. The molecule has 7 heteroatoms. The molecule has 2 aliphatic rings. The fraction of sp³-hybridized carbons (Fsp3) is 0.333. The van der Waals surface area contributed by atoms with Crippen molar-refractivity contribution >= 4 is 41.2 Å². The van der Waals surface area contributed by atoms with Crippen LogP contribution in [0.5, 0.6) is 0 Å². The Balaban J connectivity index is 1.81. The first kappa shape index (κ1) is 20.6. The quantitative estimate of drug-likeness (QED) is 0.320. The fourth-order valence-electron chi connectivity index (χ4n) is 3.31. The molecule has 1 aliphatic heterocycles. The molecule has 0 radical (unpaired) electrons. The number of rotatable bonds is 6. The summed E-state index contributed by atoms with van der Waals surface area (Å²) in [6.45, 7) is 7.53. The van der Waals surface area contributed by atoms with E-state index in [1.165, 1.54) is 16.8 Å². The van der Waals surface area contributed by atoms with Crippen LogP contribution in [0.3, 0.4) is 0 Å². The van der Waals surface area contributed by atoms with Crippen molar-refractivity contribution in [3.8, 4) is 0 Å². The van der Waals surface area contributed by atoms with Crippen molar-refractivity contribution in [1.82, 2.24) is 15.6 Å². The summed E-state index contributed by atoms with van der Waals surface area (Å²) in [5, 5.41) is 8.57. The molecule has 148 valence electrons. The zero-order valence-electron chi connectivity index (χ0n) is 15.8. The van der Waals surface area contributed by atoms with Crippen LogP contribution < -0.4 is 10.7 Å². The monoisotopic (exact) mass is 416 g/mol. The van der Waals surface area contributed by atoms with E-state index < -0.39 is 0 Å². The summed E-state index contributed by atoms with van der Waals surface area (Å²) in [6.07, 6.45) is 7.81. The number of ether oxygens (including phenoxy) is 1. The number of morpholine rings is 1. The SMILES string of the molecule is C=CCNC(=S)NN=CC1=C(N2CCOCC2)/C(=C\c2ccc(Cl)cc2)CC1. The third-order valence-corrected chi connectivity index (χ3v) is 5.09. The lowest BCUT2D eigenvalue weighted by molar-refractivity contribution is 0.0548. The summed E-state index contributed by atoms with van der Waals surface area (Å²) in [6, 6.07) is 7.93. The van der Waals surface area contributed by atoms with Gasteiger partial charge in [-0.05, 0) is 60.0 Å². The minimum atomic E-state index is 0.486. The van der Waals surface area contributed by atoms with Gasteiger partial charge in [-0.25, -0.2) is 0 Å². The highest BCUT2D eigenvalue weighted by Gasteiger charge is 2.25.